The Morgan fingerprint density at radius 3 is 3.00 bits per heavy atom. The summed E-state index contributed by atoms with van der Waals surface area (Å²) < 4.78 is 4.61. The average Bonchev–Trinajstić information content (AvgIpc) is 2.45. The molecule has 4 nitrogen and oxygen atoms in total. The molecule has 1 atom stereocenters. The summed E-state index contributed by atoms with van der Waals surface area (Å²) in [6.07, 6.45) is 10.4. The van der Waals surface area contributed by atoms with Gasteiger partial charge in [0, 0.05) is 25.4 Å². The molecule has 0 fully saturated rings. The topological polar surface area (TPSA) is 59.4 Å². The maximum Gasteiger partial charge on any atom is 0.305 e. The Morgan fingerprint density at radius 2 is 2.37 bits per heavy atom. The second kappa shape index (κ2) is 9.28. The van der Waals surface area contributed by atoms with Crippen LogP contribution in [0.4, 0.5) is 0 Å². The predicted molar refractivity (Wildman–Crippen MR) is 74.3 cm³/mol. The first kappa shape index (κ1) is 15.4. The van der Waals surface area contributed by atoms with Crippen LogP contribution in [0.3, 0.4) is 0 Å². The molecule has 0 aliphatic heterocycles. The van der Waals surface area contributed by atoms with Crippen molar-refractivity contribution < 1.29 is 14.6 Å². The van der Waals surface area contributed by atoms with Gasteiger partial charge in [-0.3, -0.25) is 9.78 Å². The monoisotopic (exact) mass is 263 g/mol. The van der Waals surface area contributed by atoms with Crippen LogP contribution in [0, 0.1) is 5.92 Å². The maximum atomic E-state index is 11.0. The minimum Gasteiger partial charge on any atom is -0.469 e. The summed E-state index contributed by atoms with van der Waals surface area (Å²) in [5, 5.41) is 9.05. The lowest BCUT2D eigenvalue weighted by Gasteiger charge is -2.10. The Labute approximate surface area is 114 Å². The third-order valence-electron chi connectivity index (χ3n) is 2.93. The van der Waals surface area contributed by atoms with Gasteiger partial charge < -0.3 is 9.84 Å². The van der Waals surface area contributed by atoms with E-state index in [-0.39, 0.29) is 18.5 Å². The number of aromatic nitrogens is 1. The fourth-order valence-electron chi connectivity index (χ4n) is 1.84. The highest BCUT2D eigenvalue weighted by atomic mass is 16.5. The fourth-order valence-corrected chi connectivity index (χ4v) is 1.84. The van der Waals surface area contributed by atoms with Gasteiger partial charge in [-0.05, 0) is 36.8 Å². The number of methoxy groups -OCH3 is 1. The molecule has 0 radical (unpaired) electrons. The molecule has 1 aromatic rings. The Hall–Kier alpha value is -1.68. The normalized spacial score (nSPS) is 12.5. The molecular formula is C15H21NO3. The van der Waals surface area contributed by atoms with E-state index in [4.69, 9.17) is 5.11 Å². The molecule has 0 unspecified atom stereocenters. The highest BCUT2D eigenvalue weighted by Gasteiger charge is 2.06. The number of carbonyl (C=O) groups excluding carboxylic acids is 1. The summed E-state index contributed by atoms with van der Waals surface area (Å²) in [5.74, 6) is 0.0915. The number of ether oxygens (including phenoxy) is 1. The van der Waals surface area contributed by atoms with Crippen LogP contribution in [-0.4, -0.2) is 29.8 Å². The van der Waals surface area contributed by atoms with Gasteiger partial charge in [0.1, 0.15) is 0 Å². The summed E-state index contributed by atoms with van der Waals surface area (Å²) in [5.41, 5.74) is 1.04. The van der Waals surface area contributed by atoms with Gasteiger partial charge in [-0.25, -0.2) is 0 Å². The number of hydrogen-bond donors (Lipinski definition) is 1. The van der Waals surface area contributed by atoms with E-state index in [0.29, 0.717) is 12.8 Å². The van der Waals surface area contributed by atoms with Gasteiger partial charge in [0.15, 0.2) is 0 Å². The molecule has 0 saturated carbocycles. The number of rotatable bonds is 8. The summed E-state index contributed by atoms with van der Waals surface area (Å²) >= 11 is 0. The van der Waals surface area contributed by atoms with Crippen LogP contribution < -0.4 is 0 Å². The minimum absolute atomic E-state index is 0.153. The first-order valence-corrected chi connectivity index (χ1v) is 6.52. The highest BCUT2D eigenvalue weighted by molar-refractivity contribution is 5.69. The highest BCUT2D eigenvalue weighted by Crippen LogP contribution is 2.16. The van der Waals surface area contributed by atoms with Crippen LogP contribution in [0.5, 0.6) is 0 Å². The molecule has 0 bridgehead atoms. The largest absolute Gasteiger partial charge is 0.469 e. The Balaban J connectivity index is 2.43. The number of aliphatic hydroxyl groups excluding tert-OH is 1. The summed E-state index contributed by atoms with van der Waals surface area (Å²) in [6.45, 7) is 0.153. The molecule has 0 saturated heterocycles. The second-order valence-corrected chi connectivity index (χ2v) is 4.39. The van der Waals surface area contributed by atoms with Crippen LogP contribution >= 0.6 is 0 Å². The number of carbonyl (C=O) groups is 1. The van der Waals surface area contributed by atoms with Gasteiger partial charge in [0.05, 0.1) is 7.11 Å². The van der Waals surface area contributed by atoms with Gasteiger partial charge in [0.2, 0.25) is 0 Å². The maximum absolute atomic E-state index is 11.0. The zero-order valence-corrected chi connectivity index (χ0v) is 11.3. The summed E-state index contributed by atoms with van der Waals surface area (Å²) in [4.78, 5) is 15.1. The van der Waals surface area contributed by atoms with Crippen molar-refractivity contribution in [2.24, 2.45) is 5.92 Å². The lowest BCUT2D eigenvalue weighted by molar-refractivity contribution is -0.140. The molecule has 104 valence electrons. The first-order chi connectivity index (χ1) is 9.26. The van der Waals surface area contributed by atoms with E-state index in [1.165, 1.54) is 7.11 Å². The van der Waals surface area contributed by atoms with Crippen molar-refractivity contribution in [3.63, 3.8) is 0 Å². The predicted octanol–water partition coefficient (Wildman–Crippen LogP) is 2.44. The van der Waals surface area contributed by atoms with Crippen LogP contribution in [0.2, 0.25) is 0 Å². The molecule has 0 aliphatic carbocycles. The zero-order chi connectivity index (χ0) is 13.9. The SMILES string of the molecule is COC(=O)CCC[C@@H](/C=C/c1cccnc1)CCO. The number of aliphatic hydroxyl groups is 1. The molecule has 1 rings (SSSR count). The standard InChI is InChI=1S/C15H21NO3/c1-19-15(18)6-2-4-13(9-11-17)7-8-14-5-3-10-16-12-14/h3,5,7-8,10,12-13,17H,2,4,6,9,11H2,1H3/b8-7+/t13-/m0/s1. The quantitative estimate of drug-likeness (QED) is 0.732. The van der Waals surface area contributed by atoms with Crippen molar-refractivity contribution in [2.75, 3.05) is 13.7 Å². The van der Waals surface area contributed by atoms with Crippen LogP contribution in [0.25, 0.3) is 6.08 Å². The number of pyridine rings is 1. The lowest BCUT2D eigenvalue weighted by atomic mass is 9.97. The molecule has 19 heavy (non-hydrogen) atoms. The molecule has 1 aromatic heterocycles. The van der Waals surface area contributed by atoms with Crippen LogP contribution in [0.15, 0.2) is 30.6 Å². The fraction of sp³-hybridized carbons (Fsp3) is 0.467. The van der Waals surface area contributed by atoms with Crippen LogP contribution in [-0.2, 0) is 9.53 Å². The summed E-state index contributed by atoms with van der Waals surface area (Å²) in [7, 11) is 1.40. The van der Waals surface area contributed by atoms with Crippen molar-refractivity contribution in [2.45, 2.75) is 25.7 Å². The Bertz CT molecular complexity index is 390. The Kier molecular flexibility index (Phi) is 7.51. The van der Waals surface area contributed by atoms with Crippen molar-refractivity contribution in [1.29, 1.82) is 0 Å². The third kappa shape index (κ3) is 6.72. The number of nitrogens with zero attached hydrogens (tertiary/aromatic N) is 1. The van der Waals surface area contributed by atoms with E-state index in [2.05, 4.69) is 15.8 Å². The van der Waals surface area contributed by atoms with Crippen molar-refractivity contribution in [1.82, 2.24) is 4.98 Å². The van der Waals surface area contributed by atoms with Gasteiger partial charge in [-0.15, -0.1) is 0 Å². The molecular weight excluding hydrogens is 242 g/mol. The molecule has 0 spiro atoms. The zero-order valence-electron chi connectivity index (χ0n) is 11.3. The van der Waals surface area contributed by atoms with Gasteiger partial charge >= 0.3 is 5.97 Å². The van der Waals surface area contributed by atoms with E-state index in [1.54, 1.807) is 12.4 Å². The van der Waals surface area contributed by atoms with Crippen molar-refractivity contribution in [3.05, 3.63) is 36.2 Å². The van der Waals surface area contributed by atoms with Crippen molar-refractivity contribution >= 4 is 12.0 Å². The Morgan fingerprint density at radius 1 is 1.53 bits per heavy atom. The third-order valence-corrected chi connectivity index (χ3v) is 2.93. The average molecular weight is 263 g/mol. The first-order valence-electron chi connectivity index (χ1n) is 6.52. The second-order valence-electron chi connectivity index (χ2n) is 4.39. The summed E-state index contributed by atoms with van der Waals surface area (Å²) in [6, 6.07) is 3.87. The lowest BCUT2D eigenvalue weighted by Crippen LogP contribution is -2.04. The van der Waals surface area contributed by atoms with Crippen LogP contribution in [0.1, 0.15) is 31.2 Å². The van der Waals surface area contributed by atoms with Gasteiger partial charge in [-0.1, -0.05) is 18.2 Å². The van der Waals surface area contributed by atoms with Crippen molar-refractivity contribution in [3.8, 4) is 0 Å². The number of esters is 1. The van der Waals surface area contributed by atoms with E-state index < -0.39 is 0 Å². The molecule has 1 N–H and O–H groups in total. The molecule has 1 heterocycles. The van der Waals surface area contributed by atoms with Gasteiger partial charge in [0.25, 0.3) is 0 Å². The molecule has 0 aromatic carbocycles. The van der Waals surface area contributed by atoms with Gasteiger partial charge in [-0.2, -0.15) is 0 Å². The van der Waals surface area contributed by atoms with E-state index in [1.807, 2.05) is 18.2 Å². The minimum atomic E-state index is -0.181. The number of hydrogen-bond acceptors (Lipinski definition) is 4. The molecule has 0 amide bonds. The van der Waals surface area contributed by atoms with E-state index in [0.717, 1.165) is 18.4 Å². The van der Waals surface area contributed by atoms with E-state index >= 15 is 0 Å². The molecule has 0 aliphatic rings. The van der Waals surface area contributed by atoms with E-state index in [9.17, 15) is 4.79 Å². The number of allylic oxidation sites excluding steroid dienone is 1. The smallest absolute Gasteiger partial charge is 0.305 e. The molecule has 4 heteroatoms.